The van der Waals surface area contributed by atoms with Crippen molar-refractivity contribution in [3.63, 3.8) is 0 Å². The van der Waals surface area contributed by atoms with E-state index in [1.54, 1.807) is 12.0 Å². The van der Waals surface area contributed by atoms with E-state index < -0.39 is 0 Å². The third kappa shape index (κ3) is 5.74. The molecule has 0 aliphatic heterocycles. The Morgan fingerprint density at radius 1 is 1.19 bits per heavy atom. The van der Waals surface area contributed by atoms with Gasteiger partial charge in [0, 0.05) is 24.8 Å². The minimum Gasteiger partial charge on any atom is -0.497 e. The molecule has 0 fully saturated rings. The molecule has 2 rings (SSSR count). The maximum atomic E-state index is 12.6. The van der Waals surface area contributed by atoms with Crippen molar-refractivity contribution in [3.8, 4) is 11.5 Å². The average molecular weight is 373 g/mol. The Kier molecular flexibility index (Phi) is 7.28. The summed E-state index contributed by atoms with van der Waals surface area (Å²) in [6.07, 6.45) is 0.370. The molecule has 148 valence electrons. The van der Waals surface area contributed by atoms with Crippen LogP contribution in [0.15, 0.2) is 24.3 Å². The molecule has 0 aliphatic carbocycles. The number of carbonyl (C=O) groups excluding carboxylic acids is 1. The molecule has 0 bridgehead atoms. The normalized spacial score (nSPS) is 10.9. The van der Waals surface area contributed by atoms with Crippen LogP contribution in [0.3, 0.4) is 0 Å². The van der Waals surface area contributed by atoms with Crippen molar-refractivity contribution >= 4 is 5.91 Å². The third-order valence-corrected chi connectivity index (χ3v) is 4.58. The first-order valence-corrected chi connectivity index (χ1v) is 9.35. The third-order valence-electron chi connectivity index (χ3n) is 4.58. The van der Waals surface area contributed by atoms with E-state index in [9.17, 15) is 4.79 Å². The van der Waals surface area contributed by atoms with Gasteiger partial charge in [0.1, 0.15) is 18.1 Å². The summed E-state index contributed by atoms with van der Waals surface area (Å²) in [5.74, 6) is 2.14. The molecule has 0 saturated carbocycles. The molecule has 1 amide bonds. The Bertz CT molecular complexity index is 751. The molecule has 6 heteroatoms. The van der Waals surface area contributed by atoms with Crippen LogP contribution in [0, 0.1) is 19.8 Å². The fourth-order valence-corrected chi connectivity index (χ4v) is 2.90. The zero-order valence-electron chi connectivity index (χ0n) is 17.3. The largest absolute Gasteiger partial charge is 0.497 e. The van der Waals surface area contributed by atoms with Crippen LogP contribution in [0.25, 0.3) is 0 Å². The van der Waals surface area contributed by atoms with E-state index in [-0.39, 0.29) is 5.91 Å². The highest BCUT2D eigenvalue weighted by Crippen LogP contribution is 2.18. The van der Waals surface area contributed by atoms with Gasteiger partial charge in [0.25, 0.3) is 0 Å². The first-order chi connectivity index (χ1) is 12.8. The maximum Gasteiger partial charge on any atom is 0.226 e. The number of hydrogen-bond donors (Lipinski definition) is 0. The highest BCUT2D eigenvalue weighted by atomic mass is 16.5. The SMILES string of the molecule is COc1ccc(OCCN(C)C(=O)Cc2c(C)nn(CC(C)C)c2C)cc1. The van der Waals surface area contributed by atoms with E-state index in [2.05, 4.69) is 18.9 Å². The number of amides is 1. The van der Waals surface area contributed by atoms with Gasteiger partial charge in [-0.1, -0.05) is 13.8 Å². The number of hydrogen-bond acceptors (Lipinski definition) is 4. The van der Waals surface area contributed by atoms with Crippen LogP contribution in [0.1, 0.15) is 30.8 Å². The molecule has 6 nitrogen and oxygen atoms in total. The highest BCUT2D eigenvalue weighted by Gasteiger charge is 2.17. The van der Waals surface area contributed by atoms with Crippen LogP contribution in [0.5, 0.6) is 11.5 Å². The molecule has 0 aliphatic rings. The number of likely N-dealkylation sites (N-methyl/N-ethyl adjacent to an activating group) is 1. The predicted molar refractivity (Wildman–Crippen MR) is 106 cm³/mol. The highest BCUT2D eigenvalue weighted by molar-refractivity contribution is 5.79. The minimum absolute atomic E-state index is 0.0728. The molecule has 1 heterocycles. The van der Waals surface area contributed by atoms with E-state index in [0.29, 0.717) is 25.5 Å². The van der Waals surface area contributed by atoms with Gasteiger partial charge in [0.2, 0.25) is 5.91 Å². The van der Waals surface area contributed by atoms with Crippen LogP contribution in [0.2, 0.25) is 0 Å². The summed E-state index contributed by atoms with van der Waals surface area (Å²) in [4.78, 5) is 14.3. The second kappa shape index (κ2) is 9.44. The molecule has 1 aromatic heterocycles. The van der Waals surface area contributed by atoms with E-state index in [1.807, 2.05) is 49.8 Å². The van der Waals surface area contributed by atoms with E-state index in [0.717, 1.165) is 35.0 Å². The lowest BCUT2D eigenvalue weighted by Gasteiger charge is -2.18. The summed E-state index contributed by atoms with van der Waals surface area (Å²) < 4.78 is 12.8. The lowest BCUT2D eigenvalue weighted by molar-refractivity contribution is -0.129. The molecule has 0 unspecified atom stereocenters. The summed E-state index contributed by atoms with van der Waals surface area (Å²) in [5, 5.41) is 4.59. The van der Waals surface area contributed by atoms with E-state index >= 15 is 0 Å². The number of aryl methyl sites for hydroxylation is 1. The Hall–Kier alpha value is -2.50. The first-order valence-electron chi connectivity index (χ1n) is 9.35. The lowest BCUT2D eigenvalue weighted by Crippen LogP contribution is -2.32. The van der Waals surface area contributed by atoms with Gasteiger partial charge in [0.15, 0.2) is 0 Å². The zero-order valence-corrected chi connectivity index (χ0v) is 17.3. The molecule has 0 atom stereocenters. The van der Waals surface area contributed by atoms with Gasteiger partial charge >= 0.3 is 0 Å². The Labute approximate surface area is 162 Å². The molecule has 0 spiro atoms. The second-order valence-corrected chi connectivity index (χ2v) is 7.24. The number of rotatable bonds is 9. The van der Waals surface area contributed by atoms with Crippen molar-refractivity contribution in [2.75, 3.05) is 27.3 Å². The van der Waals surface area contributed by atoms with Crippen LogP contribution in [-0.4, -0.2) is 47.9 Å². The molecule has 27 heavy (non-hydrogen) atoms. The van der Waals surface area contributed by atoms with Crippen LogP contribution in [0.4, 0.5) is 0 Å². The van der Waals surface area contributed by atoms with E-state index in [4.69, 9.17) is 9.47 Å². The Balaban J connectivity index is 1.87. The fourth-order valence-electron chi connectivity index (χ4n) is 2.90. The molecule has 0 N–H and O–H groups in total. The summed E-state index contributed by atoms with van der Waals surface area (Å²) in [5.41, 5.74) is 3.05. The van der Waals surface area contributed by atoms with Crippen LogP contribution < -0.4 is 9.47 Å². The number of carbonyl (C=O) groups is 1. The van der Waals surface area contributed by atoms with Crippen molar-refractivity contribution < 1.29 is 14.3 Å². The van der Waals surface area contributed by atoms with Gasteiger partial charge in [-0.2, -0.15) is 5.10 Å². The second-order valence-electron chi connectivity index (χ2n) is 7.24. The minimum atomic E-state index is 0.0728. The molecule has 0 radical (unpaired) electrons. The van der Waals surface area contributed by atoms with Gasteiger partial charge in [-0.3, -0.25) is 9.48 Å². The van der Waals surface area contributed by atoms with Crippen molar-refractivity contribution in [1.29, 1.82) is 0 Å². The predicted octanol–water partition coefficient (Wildman–Crippen LogP) is 3.24. The number of benzene rings is 1. The Morgan fingerprint density at radius 2 is 1.81 bits per heavy atom. The molecule has 1 aromatic carbocycles. The fraction of sp³-hybridized carbons (Fsp3) is 0.524. The Morgan fingerprint density at radius 3 is 2.41 bits per heavy atom. The van der Waals surface area contributed by atoms with Crippen molar-refractivity contribution in [2.24, 2.45) is 5.92 Å². The lowest BCUT2D eigenvalue weighted by atomic mass is 10.1. The number of methoxy groups -OCH3 is 1. The molecule has 2 aromatic rings. The maximum absolute atomic E-state index is 12.6. The van der Waals surface area contributed by atoms with E-state index in [1.165, 1.54) is 0 Å². The van der Waals surface area contributed by atoms with Gasteiger partial charge in [-0.25, -0.2) is 0 Å². The quantitative estimate of drug-likeness (QED) is 0.677. The summed E-state index contributed by atoms with van der Waals surface area (Å²) in [6, 6.07) is 7.42. The van der Waals surface area contributed by atoms with Crippen molar-refractivity contribution in [2.45, 2.75) is 40.7 Å². The molecular formula is C21H31N3O3. The smallest absolute Gasteiger partial charge is 0.226 e. The number of aromatic nitrogens is 2. The standard InChI is InChI=1S/C21H31N3O3/c1-15(2)14-24-17(4)20(16(3)22-24)13-21(25)23(5)11-12-27-19-9-7-18(26-6)8-10-19/h7-10,15H,11-14H2,1-6H3. The summed E-state index contributed by atoms with van der Waals surface area (Å²) >= 11 is 0. The summed E-state index contributed by atoms with van der Waals surface area (Å²) in [6.45, 7) is 10.2. The zero-order chi connectivity index (χ0) is 20.0. The van der Waals surface area contributed by atoms with Crippen LogP contribution >= 0.6 is 0 Å². The molecular weight excluding hydrogens is 342 g/mol. The average Bonchev–Trinajstić information content (AvgIpc) is 2.89. The summed E-state index contributed by atoms with van der Waals surface area (Å²) in [7, 11) is 3.44. The van der Waals surface area contributed by atoms with Gasteiger partial charge in [0.05, 0.1) is 25.8 Å². The van der Waals surface area contributed by atoms with Gasteiger partial charge in [-0.05, 0) is 44.0 Å². The van der Waals surface area contributed by atoms with Gasteiger partial charge in [-0.15, -0.1) is 0 Å². The number of nitrogens with zero attached hydrogens (tertiary/aromatic N) is 3. The first kappa shape index (κ1) is 20.8. The number of ether oxygens (including phenoxy) is 2. The van der Waals surface area contributed by atoms with Crippen molar-refractivity contribution in [3.05, 3.63) is 41.2 Å². The molecule has 0 saturated heterocycles. The topological polar surface area (TPSA) is 56.6 Å². The van der Waals surface area contributed by atoms with Crippen molar-refractivity contribution in [1.82, 2.24) is 14.7 Å². The van der Waals surface area contributed by atoms with Gasteiger partial charge < -0.3 is 14.4 Å². The van der Waals surface area contributed by atoms with Crippen LogP contribution in [-0.2, 0) is 17.8 Å². The monoisotopic (exact) mass is 373 g/mol.